The van der Waals surface area contributed by atoms with Crippen molar-refractivity contribution in [2.24, 2.45) is 0 Å². The molecular formula is C26H29N. The normalized spacial score (nSPS) is 14.6. The fourth-order valence-electron chi connectivity index (χ4n) is 4.15. The molecule has 0 unspecified atom stereocenters. The van der Waals surface area contributed by atoms with Gasteiger partial charge in [0.15, 0.2) is 0 Å². The molecule has 1 aliphatic rings. The van der Waals surface area contributed by atoms with E-state index in [1.165, 1.54) is 33.4 Å². The van der Waals surface area contributed by atoms with Gasteiger partial charge in [-0.15, -0.1) is 0 Å². The number of benzene rings is 3. The summed E-state index contributed by atoms with van der Waals surface area (Å²) < 4.78 is 0. The lowest BCUT2D eigenvalue weighted by molar-refractivity contribution is 0.590. The van der Waals surface area contributed by atoms with E-state index in [9.17, 15) is 0 Å². The summed E-state index contributed by atoms with van der Waals surface area (Å²) in [5, 5.41) is 3.59. The molecule has 0 spiro atoms. The van der Waals surface area contributed by atoms with E-state index in [-0.39, 0.29) is 10.8 Å². The zero-order valence-corrected chi connectivity index (χ0v) is 17.3. The highest BCUT2D eigenvalue weighted by atomic mass is 14.9. The second-order valence-corrected chi connectivity index (χ2v) is 9.39. The first kappa shape index (κ1) is 17.9. The first-order valence-electron chi connectivity index (χ1n) is 9.80. The Balaban J connectivity index is 1.67. The van der Waals surface area contributed by atoms with Gasteiger partial charge in [-0.1, -0.05) is 76.6 Å². The van der Waals surface area contributed by atoms with Crippen molar-refractivity contribution in [1.29, 1.82) is 0 Å². The molecule has 0 amide bonds. The van der Waals surface area contributed by atoms with Crippen molar-refractivity contribution in [2.75, 3.05) is 5.32 Å². The van der Waals surface area contributed by atoms with Crippen LogP contribution in [0, 0.1) is 6.92 Å². The predicted molar refractivity (Wildman–Crippen MR) is 117 cm³/mol. The zero-order valence-electron chi connectivity index (χ0n) is 17.3. The molecule has 0 saturated heterocycles. The van der Waals surface area contributed by atoms with Crippen LogP contribution in [0.3, 0.4) is 0 Å². The lowest BCUT2D eigenvalue weighted by Crippen LogP contribution is -2.15. The minimum Gasteiger partial charge on any atom is -0.356 e. The third kappa shape index (κ3) is 3.06. The van der Waals surface area contributed by atoms with Crippen molar-refractivity contribution in [3.8, 4) is 11.1 Å². The molecule has 0 aromatic heterocycles. The predicted octanol–water partition coefficient (Wildman–Crippen LogP) is 7.34. The van der Waals surface area contributed by atoms with Crippen LogP contribution in [-0.4, -0.2) is 0 Å². The fourth-order valence-corrected chi connectivity index (χ4v) is 4.15. The van der Waals surface area contributed by atoms with Crippen LogP contribution in [0.1, 0.15) is 56.9 Å². The van der Waals surface area contributed by atoms with Crippen LogP contribution in [-0.2, 0) is 10.8 Å². The van der Waals surface area contributed by atoms with Crippen molar-refractivity contribution in [1.82, 2.24) is 0 Å². The molecule has 27 heavy (non-hydrogen) atoms. The summed E-state index contributed by atoms with van der Waals surface area (Å²) in [6.45, 7) is 13.6. The Bertz CT molecular complexity index is 1000. The second kappa shape index (κ2) is 5.99. The van der Waals surface area contributed by atoms with Gasteiger partial charge in [-0.2, -0.15) is 0 Å². The molecule has 0 bridgehead atoms. The number of hydrogen-bond acceptors (Lipinski definition) is 1. The summed E-state index contributed by atoms with van der Waals surface area (Å²) in [5.74, 6) is 0. The first-order valence-corrected chi connectivity index (χ1v) is 9.80. The molecule has 0 aliphatic heterocycles. The standard InChI is InChI=1S/C26H29N/c1-17-7-13-21-22-14-12-20(16-24(22)26(5,6)23(21)15-17)27-19-10-8-18(9-11-19)25(2,3)4/h7-16,27H,1-6H3. The molecular weight excluding hydrogens is 326 g/mol. The van der Waals surface area contributed by atoms with E-state index in [1.54, 1.807) is 0 Å². The molecule has 4 rings (SSSR count). The van der Waals surface area contributed by atoms with Gasteiger partial charge in [0.05, 0.1) is 0 Å². The number of anilines is 2. The Morgan fingerprint density at radius 3 is 1.89 bits per heavy atom. The van der Waals surface area contributed by atoms with Gasteiger partial charge in [-0.05, 0) is 64.4 Å². The molecule has 3 aromatic rings. The van der Waals surface area contributed by atoms with Gasteiger partial charge in [-0.3, -0.25) is 0 Å². The van der Waals surface area contributed by atoms with Crippen LogP contribution >= 0.6 is 0 Å². The zero-order chi connectivity index (χ0) is 19.4. The maximum atomic E-state index is 3.59. The highest BCUT2D eigenvalue weighted by Gasteiger charge is 2.35. The van der Waals surface area contributed by atoms with E-state index in [1.807, 2.05) is 0 Å². The molecule has 1 aliphatic carbocycles. The maximum Gasteiger partial charge on any atom is 0.0387 e. The summed E-state index contributed by atoms with van der Waals surface area (Å²) in [4.78, 5) is 0. The van der Waals surface area contributed by atoms with E-state index >= 15 is 0 Å². The molecule has 1 heteroatoms. The van der Waals surface area contributed by atoms with E-state index in [2.05, 4.69) is 108 Å². The minimum atomic E-state index is 0.0322. The topological polar surface area (TPSA) is 12.0 Å². The Hall–Kier alpha value is -2.54. The van der Waals surface area contributed by atoms with Crippen LogP contribution in [0.25, 0.3) is 11.1 Å². The lowest BCUT2D eigenvalue weighted by atomic mass is 9.82. The molecule has 0 fully saturated rings. The second-order valence-electron chi connectivity index (χ2n) is 9.39. The van der Waals surface area contributed by atoms with Crippen LogP contribution < -0.4 is 5.32 Å². The highest BCUT2D eigenvalue weighted by molar-refractivity contribution is 5.83. The van der Waals surface area contributed by atoms with Gasteiger partial charge in [0, 0.05) is 16.8 Å². The van der Waals surface area contributed by atoms with Crippen LogP contribution in [0.15, 0.2) is 60.7 Å². The Labute approximate surface area is 163 Å². The summed E-state index contributed by atoms with van der Waals surface area (Å²) in [6, 6.07) is 22.4. The van der Waals surface area contributed by atoms with Crippen molar-refractivity contribution in [3.05, 3.63) is 82.9 Å². The number of nitrogens with one attached hydrogen (secondary N) is 1. The fraction of sp³-hybridized carbons (Fsp3) is 0.308. The maximum absolute atomic E-state index is 3.59. The van der Waals surface area contributed by atoms with Crippen molar-refractivity contribution in [3.63, 3.8) is 0 Å². The third-order valence-electron chi connectivity index (χ3n) is 5.87. The first-order chi connectivity index (χ1) is 12.7. The monoisotopic (exact) mass is 355 g/mol. The average Bonchev–Trinajstić information content (AvgIpc) is 2.82. The summed E-state index contributed by atoms with van der Waals surface area (Å²) in [7, 11) is 0. The smallest absolute Gasteiger partial charge is 0.0387 e. The van der Waals surface area contributed by atoms with Crippen molar-refractivity contribution >= 4 is 11.4 Å². The third-order valence-corrected chi connectivity index (χ3v) is 5.87. The Morgan fingerprint density at radius 2 is 1.26 bits per heavy atom. The van der Waals surface area contributed by atoms with Gasteiger partial charge < -0.3 is 5.32 Å². The summed E-state index contributed by atoms with van der Waals surface area (Å²) >= 11 is 0. The minimum absolute atomic E-state index is 0.0322. The number of rotatable bonds is 2. The Kier molecular flexibility index (Phi) is 3.96. The molecule has 0 atom stereocenters. The average molecular weight is 356 g/mol. The SMILES string of the molecule is Cc1ccc2c(c1)C(C)(C)c1cc(Nc3ccc(C(C)(C)C)cc3)ccc1-2. The quantitative estimate of drug-likeness (QED) is 0.507. The molecule has 3 aromatic carbocycles. The largest absolute Gasteiger partial charge is 0.356 e. The van der Waals surface area contributed by atoms with Crippen LogP contribution in [0.5, 0.6) is 0 Å². The number of aryl methyl sites for hydroxylation is 1. The molecule has 1 nitrogen and oxygen atoms in total. The van der Waals surface area contributed by atoms with Crippen LogP contribution in [0.2, 0.25) is 0 Å². The van der Waals surface area contributed by atoms with Crippen molar-refractivity contribution in [2.45, 2.75) is 52.4 Å². The molecule has 0 saturated carbocycles. The Morgan fingerprint density at radius 1 is 0.704 bits per heavy atom. The summed E-state index contributed by atoms with van der Waals surface area (Å²) in [6.07, 6.45) is 0. The number of fused-ring (bicyclic) bond motifs is 3. The number of hydrogen-bond donors (Lipinski definition) is 1. The lowest BCUT2D eigenvalue weighted by Gasteiger charge is -2.22. The van der Waals surface area contributed by atoms with Gasteiger partial charge in [0.25, 0.3) is 0 Å². The van der Waals surface area contributed by atoms with Crippen LogP contribution in [0.4, 0.5) is 11.4 Å². The highest BCUT2D eigenvalue weighted by Crippen LogP contribution is 2.49. The van der Waals surface area contributed by atoms with E-state index in [0.29, 0.717) is 0 Å². The van der Waals surface area contributed by atoms with E-state index < -0.39 is 0 Å². The molecule has 0 heterocycles. The summed E-state index contributed by atoms with van der Waals surface area (Å²) in [5.41, 5.74) is 10.8. The van der Waals surface area contributed by atoms with E-state index in [4.69, 9.17) is 0 Å². The molecule has 0 radical (unpaired) electrons. The molecule has 1 N–H and O–H groups in total. The van der Waals surface area contributed by atoms with Gasteiger partial charge in [0.1, 0.15) is 0 Å². The van der Waals surface area contributed by atoms with Crippen molar-refractivity contribution < 1.29 is 0 Å². The van der Waals surface area contributed by atoms with Gasteiger partial charge in [0.2, 0.25) is 0 Å². The van der Waals surface area contributed by atoms with Gasteiger partial charge in [-0.25, -0.2) is 0 Å². The van der Waals surface area contributed by atoms with E-state index in [0.717, 1.165) is 11.4 Å². The molecule has 138 valence electrons. The van der Waals surface area contributed by atoms with Gasteiger partial charge >= 0.3 is 0 Å².